The summed E-state index contributed by atoms with van der Waals surface area (Å²) in [5, 5.41) is 3.80. The smallest absolute Gasteiger partial charge is 0.122 e. The van der Waals surface area contributed by atoms with Crippen LogP contribution < -0.4 is 10.1 Å². The molecular formula is C19H31NO. The van der Waals surface area contributed by atoms with Crippen molar-refractivity contribution in [3.63, 3.8) is 0 Å². The molecule has 2 unspecified atom stereocenters. The van der Waals surface area contributed by atoms with Gasteiger partial charge in [0, 0.05) is 17.5 Å². The Bertz CT molecular complexity index is 455. The van der Waals surface area contributed by atoms with Gasteiger partial charge in [-0.05, 0) is 56.8 Å². The Morgan fingerprint density at radius 2 is 1.90 bits per heavy atom. The first kappa shape index (κ1) is 16.4. The summed E-state index contributed by atoms with van der Waals surface area (Å²) < 4.78 is 5.73. The minimum Gasteiger partial charge on any atom is -0.496 e. The molecular weight excluding hydrogens is 258 g/mol. The van der Waals surface area contributed by atoms with Crippen LogP contribution in [0.1, 0.15) is 68.1 Å². The molecule has 2 nitrogen and oxygen atoms in total. The van der Waals surface area contributed by atoms with Crippen LogP contribution >= 0.6 is 0 Å². The molecule has 0 saturated heterocycles. The van der Waals surface area contributed by atoms with Crippen LogP contribution in [0.3, 0.4) is 0 Å². The largest absolute Gasteiger partial charge is 0.496 e. The first-order valence-electron chi connectivity index (χ1n) is 8.55. The molecule has 0 aliphatic heterocycles. The van der Waals surface area contributed by atoms with Gasteiger partial charge in [-0.2, -0.15) is 0 Å². The number of rotatable bonds is 5. The molecule has 21 heavy (non-hydrogen) atoms. The van der Waals surface area contributed by atoms with Crippen molar-refractivity contribution in [3.05, 3.63) is 28.8 Å². The Hall–Kier alpha value is -1.02. The molecule has 1 fully saturated rings. The van der Waals surface area contributed by atoms with Crippen LogP contribution in [-0.4, -0.2) is 19.7 Å². The van der Waals surface area contributed by atoms with E-state index in [2.05, 4.69) is 38.2 Å². The number of hydrogen-bond acceptors (Lipinski definition) is 2. The SMILES string of the molecule is CCCNC1CCCCCC1c1c(C)cc(C)cc1OC. The molecule has 0 spiro atoms. The monoisotopic (exact) mass is 289 g/mol. The van der Waals surface area contributed by atoms with E-state index in [-0.39, 0.29) is 0 Å². The van der Waals surface area contributed by atoms with E-state index < -0.39 is 0 Å². The number of ether oxygens (including phenoxy) is 1. The highest BCUT2D eigenvalue weighted by molar-refractivity contribution is 5.46. The first-order valence-corrected chi connectivity index (χ1v) is 8.55. The van der Waals surface area contributed by atoms with E-state index in [1.54, 1.807) is 0 Å². The van der Waals surface area contributed by atoms with E-state index in [0.29, 0.717) is 12.0 Å². The highest BCUT2D eigenvalue weighted by Gasteiger charge is 2.28. The third-order valence-electron chi connectivity index (χ3n) is 4.76. The van der Waals surface area contributed by atoms with Gasteiger partial charge in [0.2, 0.25) is 0 Å². The van der Waals surface area contributed by atoms with Crippen LogP contribution in [-0.2, 0) is 0 Å². The number of methoxy groups -OCH3 is 1. The summed E-state index contributed by atoms with van der Waals surface area (Å²) in [7, 11) is 1.81. The van der Waals surface area contributed by atoms with Gasteiger partial charge >= 0.3 is 0 Å². The molecule has 1 aliphatic rings. The Morgan fingerprint density at radius 1 is 1.14 bits per heavy atom. The maximum absolute atomic E-state index is 5.73. The molecule has 0 bridgehead atoms. The molecule has 118 valence electrons. The van der Waals surface area contributed by atoms with Crippen LogP contribution in [0, 0.1) is 13.8 Å². The molecule has 1 aliphatic carbocycles. The molecule has 1 N–H and O–H groups in total. The zero-order valence-electron chi connectivity index (χ0n) is 14.2. The quantitative estimate of drug-likeness (QED) is 0.791. The van der Waals surface area contributed by atoms with E-state index >= 15 is 0 Å². The average molecular weight is 289 g/mol. The predicted molar refractivity (Wildman–Crippen MR) is 90.4 cm³/mol. The highest BCUT2D eigenvalue weighted by Crippen LogP contribution is 2.39. The molecule has 0 amide bonds. The molecule has 2 heteroatoms. The van der Waals surface area contributed by atoms with Gasteiger partial charge in [-0.1, -0.05) is 32.3 Å². The van der Waals surface area contributed by atoms with Crippen LogP contribution in [0.15, 0.2) is 12.1 Å². The Kier molecular flexibility index (Phi) is 6.10. The lowest BCUT2D eigenvalue weighted by atomic mass is 9.83. The fraction of sp³-hybridized carbons (Fsp3) is 0.684. The molecule has 2 atom stereocenters. The number of nitrogens with one attached hydrogen (secondary N) is 1. The van der Waals surface area contributed by atoms with Crippen LogP contribution in [0.5, 0.6) is 5.75 Å². The first-order chi connectivity index (χ1) is 10.2. The van der Waals surface area contributed by atoms with Crippen molar-refractivity contribution in [3.8, 4) is 5.75 Å². The van der Waals surface area contributed by atoms with Gasteiger partial charge in [-0.15, -0.1) is 0 Å². The Balaban J connectivity index is 2.35. The number of hydrogen-bond donors (Lipinski definition) is 1. The van der Waals surface area contributed by atoms with E-state index in [9.17, 15) is 0 Å². The molecule has 0 heterocycles. The normalized spacial score (nSPS) is 22.9. The van der Waals surface area contributed by atoms with Crippen molar-refractivity contribution in [2.75, 3.05) is 13.7 Å². The topological polar surface area (TPSA) is 21.3 Å². The van der Waals surface area contributed by atoms with Crippen LogP contribution in [0.2, 0.25) is 0 Å². The number of aryl methyl sites for hydroxylation is 2. The van der Waals surface area contributed by atoms with Gasteiger partial charge in [-0.25, -0.2) is 0 Å². The fourth-order valence-electron chi connectivity index (χ4n) is 3.81. The summed E-state index contributed by atoms with van der Waals surface area (Å²) in [6.45, 7) is 7.76. The summed E-state index contributed by atoms with van der Waals surface area (Å²) in [6.07, 6.45) is 7.83. The average Bonchev–Trinajstić information content (AvgIpc) is 2.69. The summed E-state index contributed by atoms with van der Waals surface area (Å²) in [6, 6.07) is 5.10. The van der Waals surface area contributed by atoms with Gasteiger partial charge in [0.25, 0.3) is 0 Å². The lowest BCUT2D eigenvalue weighted by molar-refractivity contribution is 0.375. The molecule has 1 aromatic carbocycles. The minimum atomic E-state index is 0.592. The maximum Gasteiger partial charge on any atom is 0.122 e. The van der Waals surface area contributed by atoms with Gasteiger partial charge in [0.05, 0.1) is 7.11 Å². The molecule has 0 aromatic heterocycles. The molecule has 2 rings (SSSR count). The second kappa shape index (κ2) is 7.84. The minimum absolute atomic E-state index is 0.592. The second-order valence-electron chi connectivity index (χ2n) is 6.50. The molecule has 0 radical (unpaired) electrons. The van der Waals surface area contributed by atoms with Crippen LogP contribution in [0.25, 0.3) is 0 Å². The molecule has 1 aromatic rings. The summed E-state index contributed by atoms with van der Waals surface area (Å²) >= 11 is 0. The predicted octanol–water partition coefficient (Wildman–Crippen LogP) is 4.73. The summed E-state index contributed by atoms with van der Waals surface area (Å²) in [5.74, 6) is 1.68. The molecule has 1 saturated carbocycles. The summed E-state index contributed by atoms with van der Waals surface area (Å²) in [4.78, 5) is 0. The van der Waals surface area contributed by atoms with Crippen LogP contribution in [0.4, 0.5) is 0 Å². The summed E-state index contributed by atoms with van der Waals surface area (Å²) in [5.41, 5.74) is 4.13. The van der Waals surface area contributed by atoms with E-state index in [1.165, 1.54) is 55.2 Å². The van der Waals surface area contributed by atoms with Gasteiger partial charge < -0.3 is 10.1 Å². The van der Waals surface area contributed by atoms with E-state index in [1.807, 2.05) is 7.11 Å². The zero-order valence-corrected chi connectivity index (χ0v) is 14.2. The van der Waals surface area contributed by atoms with Gasteiger partial charge in [0.15, 0.2) is 0 Å². The van der Waals surface area contributed by atoms with Crippen molar-refractivity contribution in [2.24, 2.45) is 0 Å². The van der Waals surface area contributed by atoms with E-state index in [4.69, 9.17) is 4.74 Å². The zero-order chi connectivity index (χ0) is 15.2. The fourth-order valence-corrected chi connectivity index (χ4v) is 3.81. The number of benzene rings is 1. The second-order valence-corrected chi connectivity index (χ2v) is 6.50. The lowest BCUT2D eigenvalue weighted by Gasteiger charge is -2.29. The Morgan fingerprint density at radius 3 is 2.62 bits per heavy atom. The van der Waals surface area contributed by atoms with Gasteiger partial charge in [0.1, 0.15) is 5.75 Å². The maximum atomic E-state index is 5.73. The third-order valence-corrected chi connectivity index (χ3v) is 4.76. The van der Waals surface area contributed by atoms with Crippen molar-refractivity contribution < 1.29 is 4.74 Å². The van der Waals surface area contributed by atoms with Gasteiger partial charge in [-0.3, -0.25) is 0 Å². The third kappa shape index (κ3) is 4.00. The van der Waals surface area contributed by atoms with Crippen molar-refractivity contribution in [2.45, 2.75) is 71.3 Å². The van der Waals surface area contributed by atoms with Crippen molar-refractivity contribution >= 4 is 0 Å². The highest BCUT2D eigenvalue weighted by atomic mass is 16.5. The lowest BCUT2D eigenvalue weighted by Crippen LogP contribution is -2.35. The Labute approximate surface area is 130 Å². The standard InChI is InChI=1S/C19H31NO/c1-5-11-20-17-10-8-6-7-9-16(17)19-15(3)12-14(2)13-18(19)21-4/h12-13,16-17,20H,5-11H2,1-4H3. The van der Waals surface area contributed by atoms with Crippen molar-refractivity contribution in [1.82, 2.24) is 5.32 Å². The van der Waals surface area contributed by atoms with E-state index in [0.717, 1.165) is 12.3 Å². The van der Waals surface area contributed by atoms with Crippen molar-refractivity contribution in [1.29, 1.82) is 0 Å².